The average molecular weight is 531 g/mol. The van der Waals surface area contributed by atoms with Gasteiger partial charge in [-0.25, -0.2) is 8.42 Å². The molecule has 198 valence electrons. The van der Waals surface area contributed by atoms with Crippen molar-refractivity contribution in [3.8, 4) is 0 Å². The van der Waals surface area contributed by atoms with E-state index in [9.17, 15) is 21.6 Å². The number of hydrogen-bond donors (Lipinski definition) is 1. The Bertz CT molecular complexity index is 1270. The highest BCUT2D eigenvalue weighted by Gasteiger charge is 2.33. The summed E-state index contributed by atoms with van der Waals surface area (Å²) in [6, 6.07) is 21.3. The van der Waals surface area contributed by atoms with Gasteiger partial charge >= 0.3 is 6.18 Å². The fourth-order valence-corrected chi connectivity index (χ4v) is 5.83. The molecule has 0 bridgehead atoms. The van der Waals surface area contributed by atoms with Gasteiger partial charge in [-0.2, -0.15) is 13.2 Å². The van der Waals surface area contributed by atoms with Gasteiger partial charge in [-0.15, -0.1) is 0 Å². The summed E-state index contributed by atoms with van der Waals surface area (Å²) in [6.07, 6.45) is -2.42. The average Bonchev–Trinajstić information content (AvgIpc) is 3.33. The Hall–Kier alpha value is -2.84. The van der Waals surface area contributed by atoms with Gasteiger partial charge < -0.3 is 10.2 Å². The first-order valence-electron chi connectivity index (χ1n) is 12.7. The van der Waals surface area contributed by atoms with Crippen LogP contribution in [-0.4, -0.2) is 26.8 Å². The van der Waals surface area contributed by atoms with Crippen molar-refractivity contribution in [2.45, 2.75) is 62.8 Å². The second-order valence-corrected chi connectivity index (χ2v) is 11.9. The van der Waals surface area contributed by atoms with Crippen molar-refractivity contribution in [3.63, 3.8) is 0 Å². The number of halogens is 3. The van der Waals surface area contributed by atoms with E-state index in [1.165, 1.54) is 12.1 Å². The van der Waals surface area contributed by atoms with Gasteiger partial charge in [0.05, 0.1) is 16.2 Å². The van der Waals surface area contributed by atoms with Gasteiger partial charge in [0.2, 0.25) is 0 Å². The molecule has 3 aromatic rings. The number of nitrogens with zero attached hydrogens (tertiary/aromatic N) is 1. The van der Waals surface area contributed by atoms with Crippen LogP contribution in [-0.2, 0) is 29.1 Å². The van der Waals surface area contributed by atoms with Crippen LogP contribution in [0.2, 0.25) is 0 Å². The van der Waals surface area contributed by atoms with E-state index >= 15 is 0 Å². The molecule has 0 radical (unpaired) electrons. The molecule has 0 aromatic heterocycles. The van der Waals surface area contributed by atoms with Crippen molar-refractivity contribution in [3.05, 3.63) is 95.1 Å². The highest BCUT2D eigenvalue weighted by atomic mass is 32.2. The Morgan fingerprint density at radius 2 is 1.43 bits per heavy atom. The molecule has 1 unspecified atom stereocenters. The summed E-state index contributed by atoms with van der Waals surface area (Å²) in [5.74, 6) is 0.291. The van der Waals surface area contributed by atoms with Crippen LogP contribution >= 0.6 is 0 Å². The van der Waals surface area contributed by atoms with Crippen LogP contribution in [0.25, 0.3) is 0 Å². The third kappa shape index (κ3) is 6.54. The molecule has 3 aromatic carbocycles. The molecule has 0 amide bonds. The molecule has 0 saturated carbocycles. The summed E-state index contributed by atoms with van der Waals surface area (Å²) in [5, 5.41) is 3.40. The molecule has 4 rings (SSSR count). The molecule has 2 atom stereocenters. The minimum absolute atomic E-state index is 0.0900. The predicted octanol–water partition coefficient (Wildman–Crippen LogP) is 6.56. The molecule has 37 heavy (non-hydrogen) atoms. The van der Waals surface area contributed by atoms with E-state index in [0.29, 0.717) is 24.0 Å². The summed E-state index contributed by atoms with van der Waals surface area (Å²) in [5.41, 5.74) is 3.63. The number of sulfone groups is 1. The molecule has 8 heteroatoms. The fraction of sp³-hybridized carbons (Fsp3) is 0.379. The maximum atomic E-state index is 12.9. The van der Waals surface area contributed by atoms with E-state index in [1.807, 2.05) is 12.1 Å². The molecule has 1 aliphatic rings. The first kappa shape index (κ1) is 27.2. The predicted molar refractivity (Wildman–Crippen MR) is 141 cm³/mol. The maximum Gasteiger partial charge on any atom is 0.416 e. The third-order valence-corrected chi connectivity index (χ3v) is 8.93. The van der Waals surface area contributed by atoms with Crippen molar-refractivity contribution in [2.24, 2.45) is 0 Å². The van der Waals surface area contributed by atoms with E-state index in [1.54, 1.807) is 31.2 Å². The Morgan fingerprint density at radius 3 is 1.95 bits per heavy atom. The Kier molecular flexibility index (Phi) is 8.29. The lowest BCUT2D eigenvalue weighted by Crippen LogP contribution is -2.28. The van der Waals surface area contributed by atoms with Gasteiger partial charge in [-0.1, -0.05) is 50.2 Å². The maximum absolute atomic E-state index is 12.9. The summed E-state index contributed by atoms with van der Waals surface area (Å²) in [7, 11) is -3.19. The van der Waals surface area contributed by atoms with E-state index < -0.39 is 21.6 Å². The van der Waals surface area contributed by atoms with Crippen molar-refractivity contribution >= 4 is 15.5 Å². The van der Waals surface area contributed by atoms with E-state index in [-0.39, 0.29) is 11.7 Å². The number of nitrogens with one attached hydrogen (secondary N) is 1. The highest BCUT2D eigenvalue weighted by molar-refractivity contribution is 7.91. The fourth-order valence-electron chi connectivity index (χ4n) is 4.94. The van der Waals surface area contributed by atoms with Crippen LogP contribution in [0.4, 0.5) is 18.9 Å². The molecule has 1 saturated heterocycles. The van der Waals surface area contributed by atoms with Crippen LogP contribution in [0.5, 0.6) is 0 Å². The number of benzene rings is 3. The van der Waals surface area contributed by atoms with Crippen molar-refractivity contribution < 1.29 is 21.6 Å². The quantitative estimate of drug-likeness (QED) is 0.340. The van der Waals surface area contributed by atoms with Crippen LogP contribution in [0.15, 0.2) is 77.7 Å². The van der Waals surface area contributed by atoms with Gasteiger partial charge in [-0.05, 0) is 65.9 Å². The minimum Gasteiger partial charge on any atom is -0.368 e. The molecule has 4 nitrogen and oxygen atoms in total. The summed E-state index contributed by atoms with van der Waals surface area (Å²) >= 11 is 0. The van der Waals surface area contributed by atoms with Crippen LogP contribution in [0.3, 0.4) is 0 Å². The third-order valence-electron chi connectivity index (χ3n) is 7.18. The van der Waals surface area contributed by atoms with Gasteiger partial charge in [0.25, 0.3) is 0 Å². The first-order chi connectivity index (χ1) is 17.6. The Morgan fingerprint density at radius 1 is 0.865 bits per heavy atom. The standard InChI is InChI=1S/C29H33F3N2O2S/c1-3-26-17-24(23-9-11-25(12-10-23)29(30,31)32)20-34(26)27-13-5-21(6-14-27)18-33-19-22-7-15-28(16-8-22)37(35,36)4-2/h5-16,24,26,33H,3-4,17-20H2,1-2H3/t24?,26-/m0/s1. The van der Waals surface area contributed by atoms with E-state index in [2.05, 4.69) is 41.4 Å². The van der Waals surface area contributed by atoms with Crippen molar-refractivity contribution in [1.29, 1.82) is 0 Å². The summed E-state index contributed by atoms with van der Waals surface area (Å²) in [4.78, 5) is 2.72. The number of rotatable bonds is 9. The lowest BCUT2D eigenvalue weighted by molar-refractivity contribution is -0.137. The molecular formula is C29H33F3N2O2S. The van der Waals surface area contributed by atoms with Gasteiger partial charge in [0.1, 0.15) is 0 Å². The van der Waals surface area contributed by atoms with Crippen LogP contribution in [0, 0.1) is 0 Å². The molecule has 1 N–H and O–H groups in total. The van der Waals surface area contributed by atoms with Crippen molar-refractivity contribution in [1.82, 2.24) is 5.32 Å². The monoisotopic (exact) mass is 530 g/mol. The summed E-state index contributed by atoms with van der Waals surface area (Å²) in [6.45, 7) is 5.88. The second kappa shape index (κ2) is 11.3. The first-order valence-corrected chi connectivity index (χ1v) is 14.3. The largest absolute Gasteiger partial charge is 0.416 e. The number of anilines is 1. The SMILES string of the molecule is CC[C@H]1CC(c2ccc(C(F)(F)F)cc2)CN1c1ccc(CNCc2ccc(S(=O)(=O)CC)cc2)cc1. The molecule has 1 fully saturated rings. The van der Waals surface area contributed by atoms with E-state index in [4.69, 9.17) is 0 Å². The number of alkyl halides is 3. The molecule has 0 spiro atoms. The topological polar surface area (TPSA) is 49.4 Å². The van der Waals surface area contributed by atoms with Crippen molar-refractivity contribution in [2.75, 3.05) is 17.2 Å². The van der Waals surface area contributed by atoms with Crippen LogP contribution < -0.4 is 10.2 Å². The number of hydrogen-bond acceptors (Lipinski definition) is 4. The molecule has 0 aliphatic carbocycles. The Labute approximate surface area is 217 Å². The minimum atomic E-state index is -4.31. The zero-order chi connectivity index (χ0) is 26.6. The Balaban J connectivity index is 1.34. The lowest BCUT2D eigenvalue weighted by Gasteiger charge is -2.26. The normalized spacial score (nSPS) is 18.4. The smallest absolute Gasteiger partial charge is 0.368 e. The van der Waals surface area contributed by atoms with Gasteiger partial charge in [0.15, 0.2) is 9.84 Å². The van der Waals surface area contributed by atoms with Gasteiger partial charge in [-0.3, -0.25) is 0 Å². The second-order valence-electron chi connectivity index (χ2n) is 9.58. The summed E-state index contributed by atoms with van der Waals surface area (Å²) < 4.78 is 62.7. The lowest BCUT2D eigenvalue weighted by atomic mass is 9.95. The van der Waals surface area contributed by atoms with E-state index in [0.717, 1.165) is 41.8 Å². The van der Waals surface area contributed by atoms with Crippen LogP contribution in [0.1, 0.15) is 54.9 Å². The molecular weight excluding hydrogens is 497 g/mol. The van der Waals surface area contributed by atoms with Gasteiger partial charge in [0, 0.05) is 37.3 Å². The molecule has 1 heterocycles. The zero-order valence-corrected chi connectivity index (χ0v) is 21.9. The molecule has 1 aliphatic heterocycles. The zero-order valence-electron chi connectivity index (χ0n) is 21.1. The highest BCUT2D eigenvalue weighted by Crippen LogP contribution is 2.38.